The minimum Gasteiger partial charge on any atom is -0.493 e. The Hall–Kier alpha value is -2.30. The topological polar surface area (TPSA) is 53.4 Å². The second-order valence-corrected chi connectivity index (χ2v) is 4.83. The van der Waals surface area contributed by atoms with Crippen LogP contribution < -0.4 is 4.74 Å². The van der Waals surface area contributed by atoms with Crippen LogP contribution in [0.4, 0.5) is 0 Å². The number of carbonyl (C=O) groups is 1. The monoisotopic (exact) mass is 288 g/mol. The van der Waals surface area contributed by atoms with E-state index in [1.165, 1.54) is 7.11 Å². The molecule has 0 saturated carbocycles. The Labute approximate surface area is 124 Å². The third-order valence-corrected chi connectivity index (χ3v) is 3.54. The lowest BCUT2D eigenvalue weighted by Gasteiger charge is -2.13. The van der Waals surface area contributed by atoms with Crippen LogP contribution in [0.2, 0.25) is 0 Å². The fourth-order valence-corrected chi connectivity index (χ4v) is 2.34. The zero-order valence-electron chi connectivity index (χ0n) is 12.8. The Morgan fingerprint density at radius 3 is 2.67 bits per heavy atom. The summed E-state index contributed by atoms with van der Waals surface area (Å²) < 4.78 is 11.7. The highest BCUT2D eigenvalue weighted by Crippen LogP contribution is 2.22. The van der Waals surface area contributed by atoms with Crippen molar-refractivity contribution < 1.29 is 14.3 Å². The molecule has 0 amide bonds. The van der Waals surface area contributed by atoms with Crippen LogP contribution in [0.1, 0.15) is 23.6 Å². The van der Waals surface area contributed by atoms with Crippen LogP contribution in [0.3, 0.4) is 0 Å². The van der Waals surface area contributed by atoms with Crippen LogP contribution in [0.25, 0.3) is 5.69 Å². The molecule has 0 radical (unpaired) electrons. The van der Waals surface area contributed by atoms with E-state index in [1.807, 2.05) is 19.2 Å². The number of aromatic nitrogens is 2. The Morgan fingerprint density at radius 2 is 2.10 bits per heavy atom. The van der Waals surface area contributed by atoms with Gasteiger partial charge in [-0.1, -0.05) is 6.92 Å². The number of nitrogens with zero attached hydrogens (tertiary/aromatic N) is 2. The summed E-state index contributed by atoms with van der Waals surface area (Å²) in [6.07, 6.45) is 4.64. The summed E-state index contributed by atoms with van der Waals surface area (Å²) in [5, 5.41) is 4.28. The first kappa shape index (κ1) is 15.1. The number of benzene rings is 1. The number of hydrogen-bond donors (Lipinski definition) is 0. The van der Waals surface area contributed by atoms with Crippen molar-refractivity contribution in [2.45, 2.75) is 26.7 Å². The van der Waals surface area contributed by atoms with Gasteiger partial charge in [0, 0.05) is 0 Å². The highest BCUT2D eigenvalue weighted by molar-refractivity contribution is 5.73. The predicted molar refractivity (Wildman–Crippen MR) is 80.0 cm³/mol. The number of carbonyl (C=O) groups excluding carboxylic acids is 1. The molecule has 21 heavy (non-hydrogen) atoms. The predicted octanol–water partition coefficient (Wildman–Crippen LogP) is 2.47. The lowest BCUT2D eigenvalue weighted by molar-refractivity contribution is -0.139. The fraction of sp³-hybridized carbons (Fsp3) is 0.375. The molecule has 0 N–H and O–H groups in total. The molecule has 1 aromatic carbocycles. The minimum absolute atomic E-state index is 0.221. The number of rotatable bonds is 5. The highest BCUT2D eigenvalue weighted by atomic mass is 16.5. The highest BCUT2D eigenvalue weighted by Gasteiger charge is 2.13. The van der Waals surface area contributed by atoms with Gasteiger partial charge in [0.25, 0.3) is 0 Å². The maximum absolute atomic E-state index is 11.5. The molecule has 1 heterocycles. The maximum atomic E-state index is 11.5. The summed E-state index contributed by atoms with van der Waals surface area (Å²) in [7, 11) is 3.03. The van der Waals surface area contributed by atoms with E-state index in [9.17, 15) is 4.79 Å². The third kappa shape index (κ3) is 3.24. The maximum Gasteiger partial charge on any atom is 0.309 e. The zero-order valence-corrected chi connectivity index (χ0v) is 12.8. The second-order valence-electron chi connectivity index (χ2n) is 4.83. The van der Waals surface area contributed by atoms with Crippen molar-refractivity contribution >= 4 is 5.97 Å². The smallest absolute Gasteiger partial charge is 0.309 e. The molecule has 5 nitrogen and oxygen atoms in total. The molecule has 5 heteroatoms. The molecule has 0 fully saturated rings. The average Bonchev–Trinajstić information content (AvgIpc) is 2.97. The van der Waals surface area contributed by atoms with Crippen molar-refractivity contribution in [2.24, 2.45) is 0 Å². The molecule has 1 aromatic heterocycles. The Morgan fingerprint density at radius 1 is 1.33 bits per heavy atom. The van der Waals surface area contributed by atoms with Gasteiger partial charge < -0.3 is 9.47 Å². The van der Waals surface area contributed by atoms with Gasteiger partial charge in [-0.3, -0.25) is 4.79 Å². The largest absolute Gasteiger partial charge is 0.493 e. The van der Waals surface area contributed by atoms with Crippen LogP contribution in [0, 0.1) is 6.92 Å². The van der Waals surface area contributed by atoms with Crippen LogP contribution in [0.15, 0.2) is 24.5 Å². The number of esters is 1. The van der Waals surface area contributed by atoms with Crippen molar-refractivity contribution in [1.29, 1.82) is 0 Å². The first-order chi connectivity index (χ1) is 10.1. The molecule has 0 atom stereocenters. The van der Waals surface area contributed by atoms with Crippen molar-refractivity contribution in [2.75, 3.05) is 14.2 Å². The van der Waals surface area contributed by atoms with Crippen molar-refractivity contribution in [3.63, 3.8) is 0 Å². The van der Waals surface area contributed by atoms with Gasteiger partial charge in [-0.05, 0) is 42.2 Å². The summed E-state index contributed by atoms with van der Waals surface area (Å²) in [5.74, 6) is 0.491. The molecule has 0 spiro atoms. The lowest BCUT2D eigenvalue weighted by atomic mass is 9.96. The Balaban J connectivity index is 2.42. The van der Waals surface area contributed by atoms with Crippen LogP contribution in [0.5, 0.6) is 5.75 Å². The van der Waals surface area contributed by atoms with E-state index in [0.29, 0.717) is 12.2 Å². The number of ether oxygens (including phenoxy) is 2. The molecule has 0 aliphatic heterocycles. The van der Waals surface area contributed by atoms with Gasteiger partial charge in [0.1, 0.15) is 0 Å². The van der Waals surface area contributed by atoms with E-state index in [4.69, 9.17) is 9.47 Å². The van der Waals surface area contributed by atoms with Gasteiger partial charge >= 0.3 is 5.97 Å². The van der Waals surface area contributed by atoms with Gasteiger partial charge in [-0.2, -0.15) is 5.10 Å². The molecule has 0 bridgehead atoms. The quantitative estimate of drug-likeness (QED) is 0.793. The number of hydrogen-bond acceptors (Lipinski definition) is 4. The van der Waals surface area contributed by atoms with Gasteiger partial charge in [0.2, 0.25) is 0 Å². The summed E-state index contributed by atoms with van der Waals surface area (Å²) >= 11 is 0. The third-order valence-electron chi connectivity index (χ3n) is 3.54. The van der Waals surface area contributed by atoms with Crippen molar-refractivity contribution in [3.05, 3.63) is 41.2 Å². The van der Waals surface area contributed by atoms with Crippen molar-refractivity contribution in [3.8, 4) is 11.4 Å². The SMILES string of the molecule is CCc1cc(-n2cc(OC)cn2)cc(C)c1CC(=O)OC. The van der Waals surface area contributed by atoms with Gasteiger partial charge in [0.15, 0.2) is 5.75 Å². The summed E-state index contributed by atoms with van der Waals surface area (Å²) in [4.78, 5) is 11.5. The van der Waals surface area contributed by atoms with Crippen LogP contribution in [-0.4, -0.2) is 30.0 Å². The fourth-order valence-electron chi connectivity index (χ4n) is 2.34. The molecular weight excluding hydrogens is 268 g/mol. The van der Waals surface area contributed by atoms with E-state index in [2.05, 4.69) is 18.1 Å². The van der Waals surface area contributed by atoms with Gasteiger partial charge in [0.05, 0.1) is 38.7 Å². The summed E-state index contributed by atoms with van der Waals surface area (Å²) in [6, 6.07) is 4.07. The average molecular weight is 288 g/mol. The molecule has 0 unspecified atom stereocenters. The molecule has 0 aliphatic carbocycles. The van der Waals surface area contributed by atoms with E-state index >= 15 is 0 Å². The number of methoxy groups -OCH3 is 2. The first-order valence-corrected chi connectivity index (χ1v) is 6.87. The first-order valence-electron chi connectivity index (χ1n) is 6.87. The van der Waals surface area contributed by atoms with Crippen molar-refractivity contribution in [1.82, 2.24) is 9.78 Å². The lowest BCUT2D eigenvalue weighted by Crippen LogP contribution is -2.09. The van der Waals surface area contributed by atoms with E-state index < -0.39 is 0 Å². The molecular formula is C16H20N2O3. The minimum atomic E-state index is -0.221. The summed E-state index contributed by atoms with van der Waals surface area (Å²) in [5.41, 5.74) is 4.18. The molecule has 2 aromatic rings. The van der Waals surface area contributed by atoms with E-state index in [-0.39, 0.29) is 5.97 Å². The normalized spacial score (nSPS) is 10.5. The summed E-state index contributed by atoms with van der Waals surface area (Å²) in [6.45, 7) is 4.07. The number of aryl methyl sites for hydroxylation is 2. The molecule has 112 valence electrons. The van der Waals surface area contributed by atoms with Crippen LogP contribution in [-0.2, 0) is 22.4 Å². The van der Waals surface area contributed by atoms with Crippen LogP contribution >= 0.6 is 0 Å². The second kappa shape index (κ2) is 6.43. The van der Waals surface area contributed by atoms with E-state index in [1.54, 1.807) is 18.0 Å². The van der Waals surface area contributed by atoms with Gasteiger partial charge in [-0.15, -0.1) is 0 Å². The molecule has 2 rings (SSSR count). The zero-order chi connectivity index (χ0) is 15.4. The Bertz CT molecular complexity index is 647. The molecule has 0 aliphatic rings. The van der Waals surface area contributed by atoms with Gasteiger partial charge in [-0.25, -0.2) is 4.68 Å². The Kier molecular flexibility index (Phi) is 4.62. The van der Waals surface area contributed by atoms with E-state index in [0.717, 1.165) is 28.8 Å². The standard InChI is InChI=1S/C16H20N2O3/c1-5-12-7-13(18-10-14(20-3)9-17-18)6-11(2)15(12)8-16(19)21-4/h6-7,9-10H,5,8H2,1-4H3. The molecule has 0 saturated heterocycles.